The number of carboxylic acid groups (broad SMARTS) is 1. The average Bonchev–Trinajstić information content (AvgIpc) is 2.46. The normalized spacial score (nSPS) is 12.3. The van der Waals surface area contributed by atoms with E-state index < -0.39 is 5.97 Å². The Morgan fingerprint density at radius 3 is 2.13 bits per heavy atom. The van der Waals surface area contributed by atoms with Crippen molar-refractivity contribution < 1.29 is 9.90 Å². The molecule has 0 aliphatic rings. The summed E-state index contributed by atoms with van der Waals surface area (Å²) in [5, 5.41) is 8.95. The third-order valence-electron chi connectivity index (χ3n) is 4.06. The summed E-state index contributed by atoms with van der Waals surface area (Å²) in [6, 6.07) is 13.6. The number of hydrogen-bond acceptors (Lipinski definition) is 1. The highest BCUT2D eigenvalue weighted by molar-refractivity contribution is 5.88. The lowest BCUT2D eigenvalue weighted by atomic mass is 9.84. The van der Waals surface area contributed by atoms with Gasteiger partial charge in [0, 0.05) is 0 Å². The molecule has 2 aromatic carbocycles. The van der Waals surface area contributed by atoms with Gasteiger partial charge in [0.05, 0.1) is 5.56 Å². The van der Waals surface area contributed by atoms with Crippen molar-refractivity contribution in [1.29, 1.82) is 0 Å². The molecule has 0 saturated heterocycles. The fourth-order valence-electron chi connectivity index (χ4n) is 2.62. The van der Waals surface area contributed by atoms with Crippen LogP contribution in [0.4, 0.5) is 0 Å². The molecular formula is C21H24O2. The smallest absolute Gasteiger partial charge is 0.335 e. The number of allylic oxidation sites excluding steroid dienone is 1. The predicted octanol–water partition coefficient (Wildman–Crippen LogP) is 5.55. The molecule has 0 aliphatic heterocycles. The summed E-state index contributed by atoms with van der Waals surface area (Å²) >= 11 is 0. The van der Waals surface area contributed by atoms with E-state index in [2.05, 4.69) is 58.9 Å². The Labute approximate surface area is 138 Å². The van der Waals surface area contributed by atoms with Gasteiger partial charge in [0.1, 0.15) is 0 Å². The third-order valence-corrected chi connectivity index (χ3v) is 4.06. The van der Waals surface area contributed by atoms with Crippen molar-refractivity contribution in [2.75, 3.05) is 0 Å². The van der Waals surface area contributed by atoms with Crippen LogP contribution in [-0.2, 0) is 5.41 Å². The van der Waals surface area contributed by atoms with Crippen LogP contribution in [0.3, 0.4) is 0 Å². The summed E-state index contributed by atoms with van der Waals surface area (Å²) in [5.41, 5.74) is 6.45. The van der Waals surface area contributed by atoms with Gasteiger partial charge in [0.2, 0.25) is 0 Å². The number of rotatable bonds is 3. The highest BCUT2D eigenvalue weighted by Crippen LogP contribution is 2.28. The highest BCUT2D eigenvalue weighted by Gasteiger charge is 2.14. The van der Waals surface area contributed by atoms with E-state index >= 15 is 0 Å². The van der Waals surface area contributed by atoms with E-state index in [9.17, 15) is 4.79 Å². The molecule has 120 valence electrons. The van der Waals surface area contributed by atoms with E-state index in [1.165, 1.54) is 22.3 Å². The van der Waals surface area contributed by atoms with Crippen LogP contribution in [0.25, 0.3) is 11.6 Å². The van der Waals surface area contributed by atoms with Gasteiger partial charge in [-0.3, -0.25) is 0 Å². The molecule has 2 heteroatoms. The van der Waals surface area contributed by atoms with Crippen LogP contribution in [0.2, 0.25) is 0 Å². The van der Waals surface area contributed by atoms with Crippen LogP contribution in [0, 0.1) is 6.92 Å². The van der Waals surface area contributed by atoms with Gasteiger partial charge in [0.15, 0.2) is 0 Å². The first-order chi connectivity index (χ1) is 10.7. The minimum absolute atomic E-state index is 0.146. The van der Waals surface area contributed by atoms with E-state index in [-0.39, 0.29) is 5.41 Å². The minimum Gasteiger partial charge on any atom is -0.478 e. The van der Waals surface area contributed by atoms with Crippen molar-refractivity contribution >= 4 is 17.6 Å². The van der Waals surface area contributed by atoms with Crippen molar-refractivity contribution in [2.45, 2.75) is 40.0 Å². The summed E-state index contributed by atoms with van der Waals surface area (Å²) in [6.45, 7) is 10.9. The number of benzene rings is 2. The first kappa shape index (κ1) is 17.0. The fraction of sp³-hybridized carbons (Fsp3) is 0.286. The molecule has 0 amide bonds. The maximum Gasteiger partial charge on any atom is 0.335 e. The maximum atomic E-state index is 10.9. The molecule has 2 nitrogen and oxygen atoms in total. The SMILES string of the molecule is CC(=Cc1ccc(C(=O)O)cc1)c1ccc(C(C)(C)C)cc1C. The van der Waals surface area contributed by atoms with Gasteiger partial charge in [0.25, 0.3) is 0 Å². The Balaban J connectivity index is 2.32. The number of aromatic carboxylic acids is 1. The third kappa shape index (κ3) is 4.10. The van der Waals surface area contributed by atoms with Gasteiger partial charge in [-0.1, -0.05) is 57.2 Å². The van der Waals surface area contributed by atoms with Crippen LogP contribution in [0.1, 0.15) is 60.3 Å². The highest BCUT2D eigenvalue weighted by atomic mass is 16.4. The van der Waals surface area contributed by atoms with Crippen LogP contribution in [-0.4, -0.2) is 11.1 Å². The van der Waals surface area contributed by atoms with Gasteiger partial charge in [-0.2, -0.15) is 0 Å². The fourth-order valence-corrected chi connectivity index (χ4v) is 2.62. The van der Waals surface area contributed by atoms with Crippen molar-refractivity contribution in [2.24, 2.45) is 0 Å². The van der Waals surface area contributed by atoms with E-state index in [1.807, 2.05) is 12.1 Å². The summed E-state index contributed by atoms with van der Waals surface area (Å²) in [4.78, 5) is 10.9. The molecule has 2 rings (SSSR count). The first-order valence-electron chi connectivity index (χ1n) is 7.81. The molecule has 23 heavy (non-hydrogen) atoms. The Kier molecular flexibility index (Phi) is 4.74. The summed E-state index contributed by atoms with van der Waals surface area (Å²) in [7, 11) is 0. The lowest BCUT2D eigenvalue weighted by molar-refractivity contribution is 0.0697. The lowest BCUT2D eigenvalue weighted by Crippen LogP contribution is -2.11. The molecule has 0 radical (unpaired) electrons. The number of aryl methyl sites for hydroxylation is 1. The molecule has 0 atom stereocenters. The van der Waals surface area contributed by atoms with Gasteiger partial charge in [-0.05, 0) is 59.2 Å². The molecule has 0 aromatic heterocycles. The van der Waals surface area contributed by atoms with Crippen molar-refractivity contribution in [3.63, 3.8) is 0 Å². The van der Waals surface area contributed by atoms with E-state index in [0.29, 0.717) is 5.56 Å². The van der Waals surface area contributed by atoms with E-state index in [4.69, 9.17) is 5.11 Å². The summed E-state index contributed by atoms with van der Waals surface area (Å²) in [6.07, 6.45) is 2.09. The van der Waals surface area contributed by atoms with Gasteiger partial charge >= 0.3 is 5.97 Å². The van der Waals surface area contributed by atoms with Crippen molar-refractivity contribution in [1.82, 2.24) is 0 Å². The van der Waals surface area contributed by atoms with Crippen molar-refractivity contribution in [3.8, 4) is 0 Å². The monoisotopic (exact) mass is 308 g/mol. The quantitative estimate of drug-likeness (QED) is 0.755. The second kappa shape index (κ2) is 6.41. The molecular weight excluding hydrogens is 284 g/mol. The van der Waals surface area contributed by atoms with Gasteiger partial charge in [-0.25, -0.2) is 4.79 Å². The number of carbonyl (C=O) groups is 1. The molecule has 0 heterocycles. The van der Waals surface area contributed by atoms with Crippen LogP contribution in [0.15, 0.2) is 42.5 Å². The van der Waals surface area contributed by atoms with Gasteiger partial charge in [-0.15, -0.1) is 0 Å². The zero-order valence-corrected chi connectivity index (χ0v) is 14.5. The molecule has 0 saturated carbocycles. The molecule has 0 spiro atoms. The van der Waals surface area contributed by atoms with Crippen LogP contribution in [0.5, 0.6) is 0 Å². The van der Waals surface area contributed by atoms with E-state index in [0.717, 1.165) is 5.56 Å². The lowest BCUT2D eigenvalue weighted by Gasteiger charge is -2.20. The summed E-state index contributed by atoms with van der Waals surface area (Å²) < 4.78 is 0. The standard InChI is InChI=1S/C21H24O2/c1-14(12-16-6-8-17(9-7-16)20(22)23)19-11-10-18(13-15(19)2)21(3,4)5/h6-13H,1-5H3,(H,22,23). The minimum atomic E-state index is -0.897. The van der Waals surface area contributed by atoms with Gasteiger partial charge < -0.3 is 5.11 Å². The second-order valence-electron chi connectivity index (χ2n) is 7.03. The largest absolute Gasteiger partial charge is 0.478 e. The zero-order valence-electron chi connectivity index (χ0n) is 14.5. The average molecular weight is 308 g/mol. The predicted molar refractivity (Wildman–Crippen MR) is 96.8 cm³/mol. The second-order valence-corrected chi connectivity index (χ2v) is 7.03. The summed E-state index contributed by atoms with van der Waals surface area (Å²) in [5.74, 6) is -0.897. The molecule has 0 bridgehead atoms. The van der Waals surface area contributed by atoms with Crippen LogP contribution >= 0.6 is 0 Å². The molecule has 2 aromatic rings. The molecule has 1 N–H and O–H groups in total. The molecule has 0 fully saturated rings. The molecule has 0 aliphatic carbocycles. The Morgan fingerprint density at radius 2 is 1.65 bits per heavy atom. The first-order valence-corrected chi connectivity index (χ1v) is 7.81. The molecule has 0 unspecified atom stereocenters. The Bertz CT molecular complexity index is 744. The maximum absolute atomic E-state index is 10.9. The van der Waals surface area contributed by atoms with Crippen LogP contribution < -0.4 is 0 Å². The van der Waals surface area contributed by atoms with E-state index in [1.54, 1.807) is 12.1 Å². The zero-order chi connectivity index (χ0) is 17.2. The van der Waals surface area contributed by atoms with Crippen molar-refractivity contribution in [3.05, 3.63) is 70.3 Å². The number of carboxylic acids is 1. The Morgan fingerprint density at radius 1 is 1.04 bits per heavy atom. The number of hydrogen-bond donors (Lipinski definition) is 1. The Hall–Kier alpha value is -2.35. The topological polar surface area (TPSA) is 37.3 Å².